The molecule has 1 heterocycles. The second-order valence-electron chi connectivity index (χ2n) is 4.39. The molecular weight excluding hydrogens is 240 g/mol. The molecule has 2 rings (SSSR count). The monoisotopic (exact) mass is 258 g/mol. The Labute approximate surface area is 112 Å². The lowest BCUT2D eigenvalue weighted by atomic mass is 10.1. The van der Waals surface area contributed by atoms with Crippen LogP contribution in [-0.2, 0) is 13.5 Å². The molecule has 0 radical (unpaired) electrons. The fourth-order valence-electron chi connectivity index (χ4n) is 1.90. The lowest BCUT2D eigenvalue weighted by molar-refractivity contribution is 0.101. The molecule has 0 unspecified atom stereocenters. The van der Waals surface area contributed by atoms with Crippen LogP contribution in [0.25, 0.3) is 0 Å². The van der Waals surface area contributed by atoms with Crippen molar-refractivity contribution in [2.75, 3.05) is 11.9 Å². The van der Waals surface area contributed by atoms with E-state index in [1.165, 1.54) is 5.56 Å². The van der Waals surface area contributed by atoms with Crippen LogP contribution >= 0.6 is 0 Å². The van der Waals surface area contributed by atoms with Crippen LogP contribution in [0.3, 0.4) is 0 Å². The van der Waals surface area contributed by atoms with Crippen molar-refractivity contribution in [1.29, 1.82) is 0 Å². The van der Waals surface area contributed by atoms with E-state index in [1.54, 1.807) is 24.0 Å². The third kappa shape index (κ3) is 3.42. The van der Waals surface area contributed by atoms with Gasteiger partial charge in [0.25, 0.3) is 5.91 Å². The van der Waals surface area contributed by atoms with Crippen LogP contribution in [0.5, 0.6) is 0 Å². The van der Waals surface area contributed by atoms with Gasteiger partial charge in [-0.1, -0.05) is 12.1 Å². The zero-order valence-electron chi connectivity index (χ0n) is 11.0. The predicted octanol–water partition coefficient (Wildman–Crippen LogP) is 1.56. The first-order valence-electron chi connectivity index (χ1n) is 6.29. The largest absolute Gasteiger partial charge is 0.330 e. The molecule has 1 aromatic carbocycles. The summed E-state index contributed by atoms with van der Waals surface area (Å²) in [7, 11) is 1.74. The fraction of sp³-hybridized carbons (Fsp3) is 0.286. The van der Waals surface area contributed by atoms with Crippen molar-refractivity contribution in [3.8, 4) is 0 Å². The van der Waals surface area contributed by atoms with E-state index in [4.69, 9.17) is 5.73 Å². The first-order valence-corrected chi connectivity index (χ1v) is 6.29. The molecule has 0 aliphatic rings. The summed E-state index contributed by atoms with van der Waals surface area (Å²) in [5.74, 6) is -0.157. The number of carbonyl (C=O) groups excluding carboxylic acids is 1. The SMILES string of the molecule is Cn1nccc1C(=O)Nc1cccc(CCCN)c1. The molecule has 19 heavy (non-hydrogen) atoms. The van der Waals surface area contributed by atoms with Gasteiger partial charge < -0.3 is 11.1 Å². The van der Waals surface area contributed by atoms with Crippen LogP contribution in [-0.4, -0.2) is 22.2 Å². The molecule has 5 heteroatoms. The van der Waals surface area contributed by atoms with Gasteiger partial charge in [-0.05, 0) is 43.1 Å². The van der Waals surface area contributed by atoms with Crippen LogP contribution < -0.4 is 11.1 Å². The molecule has 0 bridgehead atoms. The standard InChI is InChI=1S/C14H18N4O/c1-18-13(7-9-16-18)14(19)17-12-6-2-4-11(10-12)5-3-8-15/h2,4,6-7,9-10H,3,5,8,15H2,1H3,(H,17,19). The topological polar surface area (TPSA) is 72.9 Å². The van der Waals surface area contributed by atoms with Crippen LogP contribution in [0.15, 0.2) is 36.5 Å². The van der Waals surface area contributed by atoms with E-state index in [0.717, 1.165) is 18.5 Å². The van der Waals surface area contributed by atoms with Crippen molar-refractivity contribution < 1.29 is 4.79 Å². The van der Waals surface area contributed by atoms with Crippen molar-refractivity contribution >= 4 is 11.6 Å². The lowest BCUT2D eigenvalue weighted by Gasteiger charge is -2.07. The van der Waals surface area contributed by atoms with Crippen LogP contribution in [0.1, 0.15) is 22.5 Å². The quantitative estimate of drug-likeness (QED) is 0.855. The van der Waals surface area contributed by atoms with E-state index in [2.05, 4.69) is 10.4 Å². The maximum atomic E-state index is 12.0. The summed E-state index contributed by atoms with van der Waals surface area (Å²) in [5, 5.41) is 6.85. The highest BCUT2D eigenvalue weighted by Crippen LogP contribution is 2.13. The molecular formula is C14H18N4O. The molecule has 0 atom stereocenters. The first kappa shape index (κ1) is 13.3. The molecule has 2 aromatic rings. The summed E-state index contributed by atoms with van der Waals surface area (Å²) in [6.07, 6.45) is 3.47. The minimum Gasteiger partial charge on any atom is -0.330 e. The van der Waals surface area contributed by atoms with Gasteiger partial charge in [0, 0.05) is 18.9 Å². The summed E-state index contributed by atoms with van der Waals surface area (Å²) in [5.41, 5.74) is 8.00. The van der Waals surface area contributed by atoms with Gasteiger partial charge in [0.15, 0.2) is 0 Å². The van der Waals surface area contributed by atoms with Crippen molar-refractivity contribution in [1.82, 2.24) is 9.78 Å². The predicted molar refractivity (Wildman–Crippen MR) is 75.0 cm³/mol. The number of anilines is 1. The summed E-state index contributed by atoms with van der Waals surface area (Å²) in [6, 6.07) is 9.51. The Morgan fingerprint density at radius 1 is 1.42 bits per heavy atom. The number of amides is 1. The van der Waals surface area contributed by atoms with E-state index in [9.17, 15) is 4.79 Å². The second-order valence-corrected chi connectivity index (χ2v) is 4.39. The summed E-state index contributed by atoms with van der Waals surface area (Å²) in [4.78, 5) is 12.0. The number of nitrogens with two attached hydrogens (primary N) is 1. The summed E-state index contributed by atoms with van der Waals surface area (Å²) in [6.45, 7) is 0.672. The number of benzene rings is 1. The molecule has 0 fully saturated rings. The number of nitrogens with one attached hydrogen (secondary N) is 1. The van der Waals surface area contributed by atoms with Crippen LogP contribution in [0, 0.1) is 0 Å². The van der Waals surface area contributed by atoms with Gasteiger partial charge in [0.05, 0.1) is 0 Å². The Hall–Kier alpha value is -2.14. The van der Waals surface area contributed by atoms with E-state index in [-0.39, 0.29) is 5.91 Å². The lowest BCUT2D eigenvalue weighted by Crippen LogP contribution is -2.16. The zero-order chi connectivity index (χ0) is 13.7. The number of aromatic nitrogens is 2. The van der Waals surface area contributed by atoms with Crippen LogP contribution in [0.2, 0.25) is 0 Å². The van der Waals surface area contributed by atoms with Gasteiger partial charge in [-0.15, -0.1) is 0 Å². The molecule has 0 aliphatic heterocycles. The Morgan fingerprint density at radius 3 is 2.95 bits per heavy atom. The third-order valence-corrected chi connectivity index (χ3v) is 2.91. The van der Waals surface area contributed by atoms with Crippen molar-refractivity contribution in [2.45, 2.75) is 12.8 Å². The minimum atomic E-state index is -0.157. The average Bonchev–Trinajstić information content (AvgIpc) is 2.83. The van der Waals surface area contributed by atoms with Gasteiger partial charge in [-0.3, -0.25) is 9.48 Å². The maximum Gasteiger partial charge on any atom is 0.273 e. The van der Waals surface area contributed by atoms with E-state index in [0.29, 0.717) is 12.2 Å². The number of nitrogens with zero attached hydrogens (tertiary/aromatic N) is 2. The van der Waals surface area contributed by atoms with Gasteiger partial charge in [-0.25, -0.2) is 0 Å². The Kier molecular flexibility index (Phi) is 4.30. The van der Waals surface area contributed by atoms with Gasteiger partial charge in [-0.2, -0.15) is 5.10 Å². The number of aryl methyl sites for hydroxylation is 2. The van der Waals surface area contributed by atoms with E-state index < -0.39 is 0 Å². The Balaban J connectivity index is 2.07. The normalized spacial score (nSPS) is 10.4. The zero-order valence-corrected chi connectivity index (χ0v) is 11.0. The van der Waals surface area contributed by atoms with Crippen molar-refractivity contribution in [3.05, 3.63) is 47.8 Å². The molecule has 0 aliphatic carbocycles. The number of rotatable bonds is 5. The minimum absolute atomic E-state index is 0.157. The highest BCUT2D eigenvalue weighted by Gasteiger charge is 2.09. The molecule has 0 saturated carbocycles. The fourth-order valence-corrected chi connectivity index (χ4v) is 1.90. The highest BCUT2D eigenvalue weighted by molar-refractivity contribution is 6.03. The Morgan fingerprint density at radius 2 is 2.26 bits per heavy atom. The molecule has 1 aromatic heterocycles. The van der Waals surface area contributed by atoms with Crippen molar-refractivity contribution in [3.63, 3.8) is 0 Å². The van der Waals surface area contributed by atoms with E-state index in [1.807, 2.05) is 24.3 Å². The average molecular weight is 258 g/mol. The van der Waals surface area contributed by atoms with Crippen LogP contribution in [0.4, 0.5) is 5.69 Å². The smallest absolute Gasteiger partial charge is 0.273 e. The second kappa shape index (κ2) is 6.15. The third-order valence-electron chi connectivity index (χ3n) is 2.91. The number of carbonyl (C=O) groups is 1. The molecule has 1 amide bonds. The van der Waals surface area contributed by atoms with E-state index >= 15 is 0 Å². The molecule has 0 spiro atoms. The highest BCUT2D eigenvalue weighted by atomic mass is 16.2. The molecule has 0 saturated heterocycles. The Bertz CT molecular complexity index is 562. The molecule has 3 N–H and O–H groups in total. The maximum absolute atomic E-state index is 12.0. The van der Waals surface area contributed by atoms with Gasteiger partial charge in [0.1, 0.15) is 5.69 Å². The van der Waals surface area contributed by atoms with Gasteiger partial charge >= 0.3 is 0 Å². The summed E-state index contributed by atoms with van der Waals surface area (Å²) >= 11 is 0. The first-order chi connectivity index (χ1) is 9.20. The number of hydrogen-bond donors (Lipinski definition) is 2. The summed E-state index contributed by atoms with van der Waals surface area (Å²) < 4.78 is 1.55. The molecule has 5 nitrogen and oxygen atoms in total. The van der Waals surface area contributed by atoms with Crippen molar-refractivity contribution in [2.24, 2.45) is 12.8 Å². The number of hydrogen-bond acceptors (Lipinski definition) is 3. The van der Waals surface area contributed by atoms with Gasteiger partial charge in [0.2, 0.25) is 0 Å². The molecule has 100 valence electrons.